The molecule has 0 spiro atoms. The lowest BCUT2D eigenvalue weighted by atomic mass is 10.0. The second-order valence-electron chi connectivity index (χ2n) is 6.08. The van der Waals surface area contributed by atoms with Crippen LogP contribution in [0.15, 0.2) is 47.6 Å². The molecule has 1 N–H and O–H groups in total. The van der Waals surface area contributed by atoms with Crippen molar-refractivity contribution >= 4 is 17.7 Å². The lowest BCUT2D eigenvalue weighted by Crippen LogP contribution is -2.31. The number of nitriles is 1. The summed E-state index contributed by atoms with van der Waals surface area (Å²) in [6, 6.07) is 13.9. The van der Waals surface area contributed by atoms with Crippen LogP contribution in [-0.2, 0) is 4.79 Å². The molecule has 5 heteroatoms. The zero-order valence-electron chi connectivity index (χ0n) is 13.5. The van der Waals surface area contributed by atoms with Crippen LogP contribution in [0, 0.1) is 24.2 Å². The number of aryl methyl sites for hydroxylation is 1. The van der Waals surface area contributed by atoms with Gasteiger partial charge in [-0.25, -0.2) is 4.98 Å². The Balaban J connectivity index is 1.60. The zero-order chi connectivity index (χ0) is 16.9. The van der Waals surface area contributed by atoms with Gasteiger partial charge in [0.25, 0.3) is 0 Å². The van der Waals surface area contributed by atoms with E-state index in [1.165, 1.54) is 22.9 Å². The maximum absolute atomic E-state index is 12.3. The largest absolute Gasteiger partial charge is 0.348 e. The summed E-state index contributed by atoms with van der Waals surface area (Å²) < 4.78 is 0. The van der Waals surface area contributed by atoms with Crippen LogP contribution in [-0.4, -0.2) is 16.6 Å². The van der Waals surface area contributed by atoms with Crippen molar-refractivity contribution in [3.63, 3.8) is 0 Å². The summed E-state index contributed by atoms with van der Waals surface area (Å²) in [6.45, 7) is 2.06. The highest BCUT2D eigenvalue weighted by atomic mass is 32.2. The minimum absolute atomic E-state index is 0.00151. The Labute approximate surface area is 146 Å². The molecule has 1 aliphatic rings. The second-order valence-corrected chi connectivity index (χ2v) is 7.07. The van der Waals surface area contributed by atoms with E-state index in [0.717, 1.165) is 12.8 Å². The van der Waals surface area contributed by atoms with Gasteiger partial charge >= 0.3 is 0 Å². The van der Waals surface area contributed by atoms with Gasteiger partial charge in [-0.15, -0.1) is 0 Å². The number of rotatable bonds is 6. The van der Waals surface area contributed by atoms with Gasteiger partial charge < -0.3 is 5.32 Å². The molecule has 2 aromatic rings. The van der Waals surface area contributed by atoms with Gasteiger partial charge in [0.05, 0.1) is 28.5 Å². The van der Waals surface area contributed by atoms with E-state index >= 15 is 0 Å². The lowest BCUT2D eigenvalue weighted by molar-refractivity contribution is -0.119. The number of amides is 1. The molecular formula is C19H19N3OS. The smallest absolute Gasteiger partial charge is 0.230 e. The molecule has 3 rings (SSSR count). The van der Waals surface area contributed by atoms with Crippen molar-refractivity contribution in [1.82, 2.24) is 10.3 Å². The minimum atomic E-state index is 0.00151. The number of thioether (sulfide) groups is 1. The number of aromatic nitrogens is 1. The van der Waals surface area contributed by atoms with Gasteiger partial charge in [-0.05, 0) is 43.4 Å². The average molecular weight is 337 g/mol. The quantitative estimate of drug-likeness (QED) is 0.818. The van der Waals surface area contributed by atoms with Crippen LogP contribution in [0.25, 0.3) is 0 Å². The number of pyridine rings is 1. The number of benzene rings is 1. The predicted molar refractivity (Wildman–Crippen MR) is 94.5 cm³/mol. The fourth-order valence-electron chi connectivity index (χ4n) is 2.59. The number of nitrogens with zero attached hydrogens (tertiary/aromatic N) is 2. The first-order valence-electron chi connectivity index (χ1n) is 8.00. The Morgan fingerprint density at radius 1 is 1.38 bits per heavy atom. The van der Waals surface area contributed by atoms with E-state index in [2.05, 4.69) is 47.6 Å². The van der Waals surface area contributed by atoms with Crippen LogP contribution in [0.4, 0.5) is 0 Å². The summed E-state index contributed by atoms with van der Waals surface area (Å²) in [6.07, 6.45) is 3.92. The molecule has 1 amide bonds. The van der Waals surface area contributed by atoms with Gasteiger partial charge in [0, 0.05) is 6.20 Å². The summed E-state index contributed by atoms with van der Waals surface area (Å²) in [5.74, 6) is 0.847. The van der Waals surface area contributed by atoms with Crippen molar-refractivity contribution in [1.29, 1.82) is 5.26 Å². The van der Waals surface area contributed by atoms with Crippen LogP contribution in [0.5, 0.6) is 0 Å². The normalized spacial score (nSPS) is 14.7. The van der Waals surface area contributed by atoms with E-state index in [4.69, 9.17) is 5.26 Å². The zero-order valence-corrected chi connectivity index (χ0v) is 14.3. The number of carbonyl (C=O) groups excluding carboxylic acids is 1. The molecule has 0 aliphatic heterocycles. The van der Waals surface area contributed by atoms with E-state index in [9.17, 15) is 4.79 Å². The van der Waals surface area contributed by atoms with Gasteiger partial charge in [-0.1, -0.05) is 41.6 Å². The highest BCUT2D eigenvalue weighted by Crippen LogP contribution is 2.41. The fraction of sp³-hybridized carbons (Fsp3) is 0.316. The summed E-state index contributed by atoms with van der Waals surface area (Å²) in [7, 11) is 0. The molecule has 122 valence electrons. The van der Waals surface area contributed by atoms with Crippen LogP contribution in [0.1, 0.15) is 35.6 Å². The minimum Gasteiger partial charge on any atom is -0.348 e. The maximum Gasteiger partial charge on any atom is 0.230 e. The van der Waals surface area contributed by atoms with Gasteiger partial charge in [0.15, 0.2) is 0 Å². The monoisotopic (exact) mass is 337 g/mol. The van der Waals surface area contributed by atoms with E-state index < -0.39 is 0 Å². The first kappa shape index (κ1) is 16.5. The first-order chi connectivity index (χ1) is 11.7. The molecule has 0 radical (unpaired) electrons. The van der Waals surface area contributed by atoms with Gasteiger partial charge in [-0.3, -0.25) is 4.79 Å². The highest BCUT2D eigenvalue weighted by molar-refractivity contribution is 7.99. The number of hydrogen-bond acceptors (Lipinski definition) is 4. The topological polar surface area (TPSA) is 65.8 Å². The van der Waals surface area contributed by atoms with Crippen LogP contribution in [0.2, 0.25) is 0 Å². The van der Waals surface area contributed by atoms with Crippen LogP contribution in [0.3, 0.4) is 0 Å². The molecule has 1 unspecified atom stereocenters. The lowest BCUT2D eigenvalue weighted by Gasteiger charge is -2.19. The molecule has 4 nitrogen and oxygen atoms in total. The van der Waals surface area contributed by atoms with E-state index in [1.807, 2.05) is 0 Å². The average Bonchev–Trinajstić information content (AvgIpc) is 3.44. The Bertz CT molecular complexity index is 763. The summed E-state index contributed by atoms with van der Waals surface area (Å²) >= 11 is 1.36. The third kappa shape index (κ3) is 4.36. The molecule has 1 aromatic carbocycles. The molecule has 1 aromatic heterocycles. The summed E-state index contributed by atoms with van der Waals surface area (Å²) in [5.41, 5.74) is 2.95. The Morgan fingerprint density at radius 3 is 2.79 bits per heavy atom. The molecule has 1 atom stereocenters. The second kappa shape index (κ2) is 7.50. The summed E-state index contributed by atoms with van der Waals surface area (Å²) in [4.78, 5) is 16.5. The van der Waals surface area contributed by atoms with Crippen LogP contribution < -0.4 is 5.32 Å². The fourth-order valence-corrected chi connectivity index (χ4v) is 3.30. The Morgan fingerprint density at radius 2 is 2.12 bits per heavy atom. The Kier molecular flexibility index (Phi) is 5.17. The third-order valence-electron chi connectivity index (χ3n) is 4.06. The molecule has 0 bridgehead atoms. The van der Waals surface area contributed by atoms with Crippen molar-refractivity contribution in [3.8, 4) is 6.07 Å². The van der Waals surface area contributed by atoms with Gasteiger partial charge in [-0.2, -0.15) is 5.26 Å². The SMILES string of the molecule is Cc1ccc(C(NC(=O)CSc2cc(C#N)ccn2)C2CC2)cc1. The van der Waals surface area contributed by atoms with Crippen molar-refractivity contribution < 1.29 is 4.79 Å². The molecule has 1 saturated carbocycles. The number of nitrogens with one attached hydrogen (secondary N) is 1. The standard InChI is InChI=1S/C19H19N3OS/c1-13-2-4-15(5-3-13)19(16-6-7-16)22-17(23)12-24-18-10-14(11-20)8-9-21-18/h2-5,8-10,16,19H,6-7,12H2,1H3,(H,22,23). The molecule has 24 heavy (non-hydrogen) atoms. The predicted octanol–water partition coefficient (Wildman–Crippen LogP) is 3.62. The molecular weight excluding hydrogens is 318 g/mol. The van der Waals surface area contributed by atoms with Gasteiger partial charge in [0.2, 0.25) is 5.91 Å². The third-order valence-corrected chi connectivity index (χ3v) is 4.99. The summed E-state index contributed by atoms with van der Waals surface area (Å²) in [5, 5.41) is 12.8. The molecule has 0 saturated heterocycles. The highest BCUT2D eigenvalue weighted by Gasteiger charge is 2.33. The Hall–Kier alpha value is -2.32. The first-order valence-corrected chi connectivity index (χ1v) is 8.99. The van der Waals surface area contributed by atoms with Crippen molar-refractivity contribution in [2.75, 3.05) is 5.75 Å². The molecule has 1 heterocycles. The number of hydrogen-bond donors (Lipinski definition) is 1. The van der Waals surface area contributed by atoms with Crippen LogP contribution >= 0.6 is 11.8 Å². The maximum atomic E-state index is 12.3. The van der Waals surface area contributed by atoms with E-state index in [0.29, 0.717) is 22.3 Å². The number of carbonyl (C=O) groups is 1. The van der Waals surface area contributed by atoms with Crippen molar-refractivity contribution in [2.45, 2.75) is 30.8 Å². The van der Waals surface area contributed by atoms with E-state index in [1.54, 1.807) is 18.3 Å². The van der Waals surface area contributed by atoms with Crippen molar-refractivity contribution in [3.05, 3.63) is 59.3 Å². The molecule has 1 fully saturated rings. The van der Waals surface area contributed by atoms with E-state index in [-0.39, 0.29) is 11.9 Å². The van der Waals surface area contributed by atoms with Gasteiger partial charge in [0.1, 0.15) is 0 Å². The molecule has 1 aliphatic carbocycles. The van der Waals surface area contributed by atoms with Crippen molar-refractivity contribution in [2.24, 2.45) is 5.92 Å².